The van der Waals surface area contributed by atoms with Crippen molar-refractivity contribution in [2.75, 3.05) is 17.2 Å². The van der Waals surface area contributed by atoms with Crippen molar-refractivity contribution < 1.29 is 9.59 Å². The summed E-state index contributed by atoms with van der Waals surface area (Å²) in [6.07, 6.45) is 2.41. The van der Waals surface area contributed by atoms with Crippen molar-refractivity contribution in [2.45, 2.75) is 33.1 Å². The average molecular weight is 263 g/mol. The second-order valence-electron chi connectivity index (χ2n) is 4.43. The molecule has 104 valence electrons. The Hall–Kier alpha value is -1.88. The van der Waals surface area contributed by atoms with Crippen LogP contribution in [0.1, 0.15) is 31.7 Å². The number of rotatable bonds is 6. The summed E-state index contributed by atoms with van der Waals surface area (Å²) in [6.45, 7) is 3.88. The van der Waals surface area contributed by atoms with Crippen LogP contribution in [0.25, 0.3) is 0 Å². The number of hydrogen-bond acceptors (Lipinski definition) is 3. The van der Waals surface area contributed by atoms with Crippen molar-refractivity contribution in [2.24, 2.45) is 5.73 Å². The average Bonchev–Trinajstić information content (AvgIpc) is 2.39. The number of carbonyl (C=O) groups is 2. The van der Waals surface area contributed by atoms with E-state index in [4.69, 9.17) is 5.73 Å². The molecule has 2 amide bonds. The largest absolute Gasteiger partial charge is 0.326 e. The first kappa shape index (κ1) is 15.2. The minimum absolute atomic E-state index is 0.0173. The van der Waals surface area contributed by atoms with Crippen LogP contribution >= 0.6 is 0 Å². The summed E-state index contributed by atoms with van der Waals surface area (Å²) in [5, 5.41) is 5.53. The number of aryl methyl sites for hydroxylation is 1. The lowest BCUT2D eigenvalue weighted by atomic mass is 10.1. The second-order valence-corrected chi connectivity index (χ2v) is 4.43. The van der Waals surface area contributed by atoms with Crippen LogP contribution in [-0.2, 0) is 9.59 Å². The van der Waals surface area contributed by atoms with Crippen molar-refractivity contribution >= 4 is 23.2 Å². The third-order valence-corrected chi connectivity index (χ3v) is 2.73. The lowest BCUT2D eigenvalue weighted by Crippen LogP contribution is -2.21. The number of nitrogens with one attached hydrogen (secondary N) is 2. The van der Waals surface area contributed by atoms with Crippen LogP contribution in [0.4, 0.5) is 11.4 Å². The number of amides is 2. The molecule has 4 N–H and O–H groups in total. The number of anilines is 2. The molecule has 0 spiro atoms. The van der Waals surface area contributed by atoms with Crippen LogP contribution in [0.5, 0.6) is 0 Å². The van der Waals surface area contributed by atoms with E-state index in [-0.39, 0.29) is 18.4 Å². The molecular weight excluding hydrogens is 242 g/mol. The van der Waals surface area contributed by atoms with Gasteiger partial charge in [-0.3, -0.25) is 9.59 Å². The number of carbonyl (C=O) groups excluding carboxylic acids is 2. The SMILES string of the molecule is CCCCC(=O)Nc1ccc(NC(=O)CN)cc1C. The van der Waals surface area contributed by atoms with Crippen LogP contribution in [0, 0.1) is 6.92 Å². The van der Waals surface area contributed by atoms with Crippen molar-refractivity contribution in [3.63, 3.8) is 0 Å². The Morgan fingerprint density at radius 1 is 1.21 bits per heavy atom. The Bertz CT molecular complexity index is 458. The lowest BCUT2D eigenvalue weighted by Gasteiger charge is -2.10. The molecule has 0 unspecified atom stereocenters. The van der Waals surface area contributed by atoms with Gasteiger partial charge in [-0.1, -0.05) is 13.3 Å². The molecular formula is C14H21N3O2. The maximum atomic E-state index is 11.6. The van der Waals surface area contributed by atoms with Crippen LogP contribution < -0.4 is 16.4 Å². The molecule has 0 heterocycles. The summed E-state index contributed by atoms with van der Waals surface area (Å²) < 4.78 is 0. The molecule has 0 aliphatic heterocycles. The van der Waals surface area contributed by atoms with Gasteiger partial charge in [0, 0.05) is 17.8 Å². The quantitative estimate of drug-likeness (QED) is 0.734. The zero-order valence-corrected chi connectivity index (χ0v) is 11.5. The molecule has 0 radical (unpaired) electrons. The molecule has 1 aromatic rings. The van der Waals surface area contributed by atoms with E-state index in [1.54, 1.807) is 12.1 Å². The van der Waals surface area contributed by atoms with Crippen LogP contribution in [0.15, 0.2) is 18.2 Å². The predicted octanol–water partition coefficient (Wildman–Crippen LogP) is 2.02. The molecule has 0 aliphatic rings. The van der Waals surface area contributed by atoms with Crippen molar-refractivity contribution in [3.05, 3.63) is 23.8 Å². The van der Waals surface area contributed by atoms with Gasteiger partial charge in [-0.15, -0.1) is 0 Å². The first-order chi connectivity index (χ1) is 9.06. The highest BCUT2D eigenvalue weighted by Gasteiger charge is 2.06. The molecule has 5 heteroatoms. The van der Waals surface area contributed by atoms with E-state index in [0.717, 1.165) is 24.1 Å². The molecule has 0 bridgehead atoms. The highest BCUT2D eigenvalue weighted by molar-refractivity contribution is 5.94. The Morgan fingerprint density at radius 2 is 1.95 bits per heavy atom. The zero-order chi connectivity index (χ0) is 14.3. The highest BCUT2D eigenvalue weighted by Crippen LogP contribution is 2.20. The summed E-state index contributed by atoms with van der Waals surface area (Å²) in [5.74, 6) is -0.220. The minimum Gasteiger partial charge on any atom is -0.326 e. The number of hydrogen-bond donors (Lipinski definition) is 3. The highest BCUT2D eigenvalue weighted by atomic mass is 16.2. The molecule has 1 aromatic carbocycles. The standard InChI is InChI=1S/C14H21N3O2/c1-3-4-5-13(18)17-12-7-6-11(8-10(12)2)16-14(19)9-15/h6-8H,3-5,9,15H2,1-2H3,(H,16,19)(H,17,18). The zero-order valence-electron chi connectivity index (χ0n) is 11.5. The van der Waals surface area contributed by atoms with Gasteiger partial charge in [0.1, 0.15) is 0 Å². The van der Waals surface area contributed by atoms with Crippen molar-refractivity contribution in [1.82, 2.24) is 0 Å². The molecule has 1 rings (SSSR count). The van der Waals surface area contributed by atoms with Crippen LogP contribution in [0.2, 0.25) is 0 Å². The molecule has 0 saturated heterocycles. The predicted molar refractivity (Wildman–Crippen MR) is 77.0 cm³/mol. The minimum atomic E-state index is -0.237. The van der Waals surface area contributed by atoms with Gasteiger partial charge in [-0.2, -0.15) is 0 Å². The molecule has 0 aromatic heterocycles. The van der Waals surface area contributed by atoms with Gasteiger partial charge in [-0.25, -0.2) is 0 Å². The van der Waals surface area contributed by atoms with E-state index in [1.807, 2.05) is 19.9 Å². The maximum Gasteiger partial charge on any atom is 0.238 e. The molecule has 0 aliphatic carbocycles. The molecule has 19 heavy (non-hydrogen) atoms. The van der Waals surface area contributed by atoms with E-state index in [1.165, 1.54) is 0 Å². The fourth-order valence-corrected chi connectivity index (χ4v) is 1.64. The summed E-state index contributed by atoms with van der Waals surface area (Å²) in [7, 11) is 0. The number of nitrogens with two attached hydrogens (primary N) is 1. The molecule has 0 fully saturated rings. The Balaban J connectivity index is 2.66. The fourth-order valence-electron chi connectivity index (χ4n) is 1.64. The topological polar surface area (TPSA) is 84.2 Å². The monoisotopic (exact) mass is 263 g/mol. The van der Waals surface area contributed by atoms with Crippen molar-refractivity contribution in [3.8, 4) is 0 Å². The van der Waals surface area contributed by atoms with E-state index in [9.17, 15) is 9.59 Å². The Kier molecular flexibility index (Phi) is 6.02. The van der Waals surface area contributed by atoms with Gasteiger partial charge in [0.25, 0.3) is 0 Å². The van der Waals surface area contributed by atoms with Gasteiger partial charge in [0.2, 0.25) is 11.8 Å². The maximum absolute atomic E-state index is 11.6. The molecule has 0 saturated carbocycles. The first-order valence-corrected chi connectivity index (χ1v) is 6.47. The van der Waals surface area contributed by atoms with Gasteiger partial charge in [-0.05, 0) is 37.1 Å². The second kappa shape index (κ2) is 7.53. The van der Waals surface area contributed by atoms with Crippen LogP contribution in [-0.4, -0.2) is 18.4 Å². The molecule has 5 nitrogen and oxygen atoms in total. The van der Waals surface area contributed by atoms with Crippen LogP contribution in [0.3, 0.4) is 0 Å². The summed E-state index contributed by atoms with van der Waals surface area (Å²) >= 11 is 0. The summed E-state index contributed by atoms with van der Waals surface area (Å²) in [4.78, 5) is 22.8. The Labute approximate surface area is 113 Å². The van der Waals surface area contributed by atoms with E-state index in [2.05, 4.69) is 10.6 Å². The molecule has 0 atom stereocenters. The van der Waals surface area contributed by atoms with Gasteiger partial charge in [0.15, 0.2) is 0 Å². The number of benzene rings is 1. The summed E-state index contributed by atoms with van der Waals surface area (Å²) in [6, 6.07) is 5.34. The lowest BCUT2D eigenvalue weighted by molar-refractivity contribution is -0.116. The van der Waals surface area contributed by atoms with Gasteiger partial charge >= 0.3 is 0 Å². The van der Waals surface area contributed by atoms with Gasteiger partial charge < -0.3 is 16.4 Å². The van der Waals surface area contributed by atoms with Crippen molar-refractivity contribution in [1.29, 1.82) is 0 Å². The number of unbranched alkanes of at least 4 members (excludes halogenated alkanes) is 1. The normalized spacial score (nSPS) is 10.1. The Morgan fingerprint density at radius 3 is 2.53 bits per heavy atom. The smallest absolute Gasteiger partial charge is 0.238 e. The summed E-state index contributed by atoms with van der Waals surface area (Å²) in [5.41, 5.74) is 7.58. The van der Waals surface area contributed by atoms with E-state index in [0.29, 0.717) is 12.1 Å². The van der Waals surface area contributed by atoms with E-state index < -0.39 is 0 Å². The van der Waals surface area contributed by atoms with E-state index >= 15 is 0 Å². The van der Waals surface area contributed by atoms with Gasteiger partial charge in [0.05, 0.1) is 6.54 Å². The third-order valence-electron chi connectivity index (χ3n) is 2.73. The first-order valence-electron chi connectivity index (χ1n) is 6.47. The fraction of sp³-hybridized carbons (Fsp3) is 0.429. The third kappa shape index (κ3) is 5.09.